The van der Waals surface area contributed by atoms with E-state index in [1.165, 1.54) is 14.0 Å². The first-order valence-electron chi connectivity index (χ1n) is 7.58. The van der Waals surface area contributed by atoms with Crippen molar-refractivity contribution in [1.82, 2.24) is 5.32 Å². The van der Waals surface area contributed by atoms with Crippen molar-refractivity contribution >= 4 is 21.7 Å². The van der Waals surface area contributed by atoms with Crippen LogP contribution in [0.1, 0.15) is 29.3 Å². The number of hydrogen-bond acceptors (Lipinski definition) is 6. The zero-order valence-corrected chi connectivity index (χ0v) is 14.7. The smallest absolute Gasteiger partial charge is 0.342 e. The van der Waals surface area contributed by atoms with Crippen molar-refractivity contribution in [1.29, 1.82) is 0 Å². The van der Waals surface area contributed by atoms with Gasteiger partial charge in [-0.2, -0.15) is 0 Å². The van der Waals surface area contributed by atoms with Crippen LogP contribution in [0.4, 0.5) is 0 Å². The van der Waals surface area contributed by atoms with Gasteiger partial charge in [-0.1, -0.05) is 11.6 Å². The third-order valence-corrected chi connectivity index (χ3v) is 5.57. The first-order chi connectivity index (χ1) is 11.2. The van der Waals surface area contributed by atoms with E-state index in [0.717, 1.165) is 5.56 Å². The van der Waals surface area contributed by atoms with Gasteiger partial charge in [0.05, 0.1) is 18.6 Å². The number of aryl methyl sites for hydroxylation is 1. The van der Waals surface area contributed by atoms with Crippen LogP contribution < -0.4 is 10.1 Å². The summed E-state index contributed by atoms with van der Waals surface area (Å²) in [7, 11) is -1.64. The molecule has 1 heterocycles. The fourth-order valence-corrected chi connectivity index (χ4v) is 4.16. The van der Waals surface area contributed by atoms with Gasteiger partial charge in [0, 0.05) is 6.04 Å². The van der Waals surface area contributed by atoms with Crippen molar-refractivity contribution < 1.29 is 27.5 Å². The number of ether oxygens (including phenoxy) is 2. The van der Waals surface area contributed by atoms with Gasteiger partial charge in [-0.25, -0.2) is 13.2 Å². The first-order valence-corrected chi connectivity index (χ1v) is 9.40. The first kappa shape index (κ1) is 18.3. The van der Waals surface area contributed by atoms with Crippen LogP contribution >= 0.6 is 0 Å². The molecule has 0 saturated carbocycles. The summed E-state index contributed by atoms with van der Waals surface area (Å²) >= 11 is 0. The summed E-state index contributed by atoms with van der Waals surface area (Å²) in [5.41, 5.74) is 1.09. The lowest BCUT2D eigenvalue weighted by atomic mass is 10.1. The summed E-state index contributed by atoms with van der Waals surface area (Å²) < 4.78 is 33.1. The predicted molar refractivity (Wildman–Crippen MR) is 87.8 cm³/mol. The highest BCUT2D eigenvalue weighted by Gasteiger charge is 2.31. The fourth-order valence-electron chi connectivity index (χ4n) is 2.49. The van der Waals surface area contributed by atoms with E-state index >= 15 is 0 Å². The Hall–Kier alpha value is -2.09. The Balaban J connectivity index is 1.98. The molecule has 0 unspecified atom stereocenters. The molecule has 2 rings (SSSR count). The molecule has 1 amide bonds. The highest BCUT2D eigenvalue weighted by molar-refractivity contribution is 7.91. The van der Waals surface area contributed by atoms with Gasteiger partial charge in [-0.05, 0) is 32.4 Å². The maximum Gasteiger partial charge on any atom is 0.342 e. The van der Waals surface area contributed by atoms with Crippen molar-refractivity contribution in [2.75, 3.05) is 18.6 Å². The van der Waals surface area contributed by atoms with Gasteiger partial charge in [0.25, 0.3) is 5.91 Å². The number of esters is 1. The number of benzene rings is 1. The highest BCUT2D eigenvalue weighted by Crippen LogP contribution is 2.21. The van der Waals surface area contributed by atoms with E-state index < -0.39 is 33.9 Å². The molecule has 1 saturated heterocycles. The Labute approximate surface area is 141 Å². The minimum absolute atomic E-state index is 0.0621. The Bertz CT molecular complexity index is 743. The van der Waals surface area contributed by atoms with Crippen LogP contribution in [0.15, 0.2) is 18.2 Å². The number of amides is 1. The lowest BCUT2D eigenvalue weighted by Gasteiger charge is -2.17. The second-order valence-corrected chi connectivity index (χ2v) is 8.09. The Morgan fingerprint density at radius 3 is 2.62 bits per heavy atom. The SMILES string of the molecule is COc1ccc(C)cc1C(=O)O[C@H](C)C(=O)N[C@@H]1CCS(=O)(=O)C1. The average Bonchev–Trinajstić information content (AvgIpc) is 2.85. The number of carbonyl (C=O) groups excluding carboxylic acids is 2. The van der Waals surface area contributed by atoms with Crippen molar-refractivity contribution in [3.8, 4) is 5.75 Å². The van der Waals surface area contributed by atoms with Gasteiger partial charge >= 0.3 is 5.97 Å². The molecule has 0 aliphatic carbocycles. The van der Waals surface area contributed by atoms with E-state index in [0.29, 0.717) is 12.2 Å². The third-order valence-electron chi connectivity index (χ3n) is 3.81. The van der Waals surface area contributed by atoms with Crippen LogP contribution in [0, 0.1) is 6.92 Å². The summed E-state index contributed by atoms with van der Waals surface area (Å²) in [6.45, 7) is 3.27. The molecule has 8 heteroatoms. The maximum absolute atomic E-state index is 12.3. The van der Waals surface area contributed by atoms with Gasteiger partial charge in [-0.3, -0.25) is 4.79 Å². The Morgan fingerprint density at radius 2 is 2.04 bits per heavy atom. The second-order valence-electron chi connectivity index (χ2n) is 5.86. The molecule has 0 aromatic heterocycles. The number of sulfone groups is 1. The fraction of sp³-hybridized carbons (Fsp3) is 0.500. The van der Waals surface area contributed by atoms with Crippen LogP contribution in [-0.4, -0.2) is 51.1 Å². The van der Waals surface area contributed by atoms with Crippen molar-refractivity contribution in [3.63, 3.8) is 0 Å². The molecule has 1 N–H and O–H groups in total. The number of hydrogen-bond donors (Lipinski definition) is 1. The molecule has 0 spiro atoms. The van der Waals surface area contributed by atoms with Crippen LogP contribution in [0.3, 0.4) is 0 Å². The number of nitrogens with one attached hydrogen (secondary N) is 1. The minimum Gasteiger partial charge on any atom is -0.496 e. The van der Waals surface area contributed by atoms with Crippen molar-refractivity contribution in [3.05, 3.63) is 29.3 Å². The molecule has 24 heavy (non-hydrogen) atoms. The number of methoxy groups -OCH3 is 1. The molecule has 2 atom stereocenters. The van der Waals surface area contributed by atoms with E-state index in [4.69, 9.17) is 9.47 Å². The molecule has 1 fully saturated rings. The van der Waals surface area contributed by atoms with E-state index in [1.807, 2.05) is 6.92 Å². The quantitative estimate of drug-likeness (QED) is 0.786. The van der Waals surface area contributed by atoms with Gasteiger partial charge in [-0.15, -0.1) is 0 Å². The summed E-state index contributed by atoms with van der Waals surface area (Å²) in [5.74, 6) is -0.841. The van der Waals surface area contributed by atoms with Crippen LogP contribution in [0.5, 0.6) is 5.75 Å². The summed E-state index contributed by atoms with van der Waals surface area (Å²) in [4.78, 5) is 24.3. The standard InChI is InChI=1S/C16H21NO6S/c1-10-4-5-14(22-3)13(8-10)16(19)23-11(2)15(18)17-12-6-7-24(20,21)9-12/h4-5,8,11-12H,6-7,9H2,1-3H3,(H,17,18)/t11-,12-/m1/s1. The molecular weight excluding hydrogens is 334 g/mol. The lowest BCUT2D eigenvalue weighted by Crippen LogP contribution is -2.42. The van der Waals surface area contributed by atoms with Crippen molar-refractivity contribution in [2.45, 2.75) is 32.4 Å². The summed E-state index contributed by atoms with van der Waals surface area (Å²) in [6.07, 6.45) is -0.661. The van der Waals surface area contributed by atoms with E-state index in [9.17, 15) is 18.0 Å². The summed E-state index contributed by atoms with van der Waals surface area (Å²) in [5, 5.41) is 2.60. The van der Waals surface area contributed by atoms with Gasteiger partial charge in [0.15, 0.2) is 15.9 Å². The lowest BCUT2D eigenvalue weighted by molar-refractivity contribution is -0.129. The molecule has 132 valence electrons. The Kier molecular flexibility index (Phi) is 5.48. The molecule has 0 bridgehead atoms. The van der Waals surface area contributed by atoms with Crippen molar-refractivity contribution in [2.24, 2.45) is 0 Å². The van der Waals surface area contributed by atoms with Gasteiger partial charge in [0.1, 0.15) is 11.3 Å². The third kappa shape index (κ3) is 4.47. The molecular formula is C16H21NO6S. The molecule has 1 aliphatic heterocycles. The molecule has 0 radical (unpaired) electrons. The van der Waals surface area contributed by atoms with Crippen LogP contribution in [0.25, 0.3) is 0 Å². The summed E-state index contributed by atoms with van der Waals surface area (Å²) in [6, 6.07) is 4.64. The molecule has 1 aliphatic rings. The highest BCUT2D eigenvalue weighted by atomic mass is 32.2. The monoisotopic (exact) mass is 355 g/mol. The molecule has 1 aromatic rings. The number of rotatable bonds is 5. The Morgan fingerprint density at radius 1 is 1.33 bits per heavy atom. The molecule has 1 aromatic carbocycles. The largest absolute Gasteiger partial charge is 0.496 e. The van der Waals surface area contributed by atoms with Gasteiger partial charge < -0.3 is 14.8 Å². The molecule has 7 nitrogen and oxygen atoms in total. The predicted octanol–water partition coefficient (Wildman–Crippen LogP) is 0.852. The minimum atomic E-state index is -3.09. The number of carbonyl (C=O) groups is 2. The van der Waals surface area contributed by atoms with Crippen LogP contribution in [0.2, 0.25) is 0 Å². The van der Waals surface area contributed by atoms with Gasteiger partial charge in [0.2, 0.25) is 0 Å². The second kappa shape index (κ2) is 7.21. The van der Waals surface area contributed by atoms with Crippen LogP contribution in [-0.2, 0) is 19.4 Å². The van der Waals surface area contributed by atoms with E-state index in [2.05, 4.69) is 5.32 Å². The maximum atomic E-state index is 12.3. The zero-order valence-electron chi connectivity index (χ0n) is 13.9. The normalized spacial score (nSPS) is 20.2. The van der Waals surface area contributed by atoms with E-state index in [1.54, 1.807) is 18.2 Å². The topological polar surface area (TPSA) is 98.8 Å². The van der Waals surface area contributed by atoms with E-state index in [-0.39, 0.29) is 17.1 Å². The average molecular weight is 355 g/mol. The zero-order chi connectivity index (χ0) is 17.9.